The minimum absolute atomic E-state index is 0.929. The quantitative estimate of drug-likeness (QED) is 0.737. The second-order valence-electron chi connectivity index (χ2n) is 2.03. The molecule has 12 heavy (non-hydrogen) atoms. The van der Waals surface area contributed by atoms with Crippen molar-refractivity contribution in [2.45, 2.75) is 0 Å². The van der Waals surface area contributed by atoms with Crippen LogP contribution < -0.4 is 0 Å². The highest BCUT2D eigenvalue weighted by atomic mass is 79.9. The van der Waals surface area contributed by atoms with E-state index in [4.69, 9.17) is 5.26 Å². The Kier molecular flexibility index (Phi) is 3.92. The van der Waals surface area contributed by atoms with Gasteiger partial charge in [-0.05, 0) is 22.3 Å². The van der Waals surface area contributed by atoms with Crippen LogP contribution in [0.3, 0.4) is 0 Å². The van der Waals surface area contributed by atoms with Gasteiger partial charge in [-0.15, -0.1) is 0 Å². The number of hydrogen-bond acceptors (Lipinski definition) is 2. The number of halogens is 1. The van der Waals surface area contributed by atoms with Crippen LogP contribution >= 0.6 is 27.7 Å². The first kappa shape index (κ1) is 9.37. The molecule has 0 N–H and O–H groups in total. The first-order chi connectivity index (χ1) is 5.88. The van der Waals surface area contributed by atoms with Crippen molar-refractivity contribution >= 4 is 32.6 Å². The van der Waals surface area contributed by atoms with Gasteiger partial charge in [-0.25, -0.2) is 0 Å². The van der Waals surface area contributed by atoms with Crippen molar-refractivity contribution in [3.05, 3.63) is 40.9 Å². The first-order valence-electron chi connectivity index (χ1n) is 3.30. The molecule has 60 valence electrons. The van der Waals surface area contributed by atoms with Crippen LogP contribution in [0.4, 0.5) is 0 Å². The molecular formula is C9H6BrNS. The summed E-state index contributed by atoms with van der Waals surface area (Å²) < 4.78 is 0. The zero-order valence-corrected chi connectivity index (χ0v) is 8.60. The number of thiocyanates is 1. The highest BCUT2D eigenvalue weighted by Crippen LogP contribution is 2.27. The van der Waals surface area contributed by atoms with Gasteiger partial charge in [0.1, 0.15) is 5.40 Å². The lowest BCUT2D eigenvalue weighted by atomic mass is 10.2. The lowest BCUT2D eigenvalue weighted by molar-refractivity contribution is 1.57. The van der Waals surface area contributed by atoms with E-state index in [0.717, 1.165) is 22.2 Å². The molecule has 0 saturated heterocycles. The van der Waals surface area contributed by atoms with Crippen LogP contribution in [0.25, 0.3) is 4.91 Å². The Bertz CT molecular complexity index is 313. The maximum Gasteiger partial charge on any atom is 0.138 e. The summed E-state index contributed by atoms with van der Waals surface area (Å²) in [6.45, 7) is 0. The molecule has 1 aromatic carbocycles. The summed E-state index contributed by atoms with van der Waals surface area (Å²) in [7, 11) is 0. The van der Waals surface area contributed by atoms with Crippen LogP contribution in [0.15, 0.2) is 35.3 Å². The number of rotatable bonds is 2. The Morgan fingerprint density at radius 2 is 2.08 bits per heavy atom. The van der Waals surface area contributed by atoms with Crippen molar-refractivity contribution < 1.29 is 0 Å². The fourth-order valence-corrected chi connectivity index (χ4v) is 1.74. The van der Waals surface area contributed by atoms with E-state index in [0.29, 0.717) is 0 Å². The predicted octanol–water partition coefficient (Wildman–Crippen LogP) is 3.59. The molecule has 0 aliphatic rings. The van der Waals surface area contributed by atoms with Crippen molar-refractivity contribution in [1.29, 1.82) is 5.26 Å². The van der Waals surface area contributed by atoms with E-state index in [1.165, 1.54) is 0 Å². The minimum atomic E-state index is 0.929. The van der Waals surface area contributed by atoms with Crippen LogP contribution in [0.2, 0.25) is 0 Å². The Morgan fingerprint density at radius 1 is 1.42 bits per heavy atom. The molecule has 0 spiro atoms. The maximum absolute atomic E-state index is 8.48. The van der Waals surface area contributed by atoms with Crippen molar-refractivity contribution in [3.63, 3.8) is 0 Å². The summed E-state index contributed by atoms with van der Waals surface area (Å²) in [4.78, 5) is 2.69. The van der Waals surface area contributed by atoms with Crippen molar-refractivity contribution in [2.24, 2.45) is 0 Å². The van der Waals surface area contributed by atoms with E-state index in [-0.39, 0.29) is 0 Å². The van der Waals surface area contributed by atoms with Gasteiger partial charge >= 0.3 is 0 Å². The van der Waals surface area contributed by atoms with Crippen molar-refractivity contribution in [3.8, 4) is 5.40 Å². The third-order valence-electron chi connectivity index (χ3n) is 1.31. The Hall–Kier alpha value is -0.720. The number of hydrogen-bond donors (Lipinski definition) is 0. The molecule has 0 amide bonds. The van der Waals surface area contributed by atoms with Crippen LogP contribution in [0.1, 0.15) is 5.56 Å². The molecule has 0 atom stereocenters. The second kappa shape index (κ2) is 5.02. The minimum Gasteiger partial charge on any atom is -0.185 e. The zero-order chi connectivity index (χ0) is 8.81. The highest BCUT2D eigenvalue weighted by molar-refractivity contribution is 9.11. The molecule has 1 nitrogen and oxygen atoms in total. The van der Waals surface area contributed by atoms with Crippen LogP contribution in [-0.2, 0) is 0 Å². The van der Waals surface area contributed by atoms with Crippen LogP contribution in [0.5, 0.6) is 0 Å². The van der Waals surface area contributed by atoms with E-state index in [1.807, 2.05) is 35.7 Å². The van der Waals surface area contributed by atoms with Crippen molar-refractivity contribution in [2.75, 3.05) is 0 Å². The second-order valence-corrected chi connectivity index (χ2v) is 3.32. The smallest absolute Gasteiger partial charge is 0.138 e. The first-order valence-corrected chi connectivity index (χ1v) is 5.03. The van der Waals surface area contributed by atoms with Gasteiger partial charge in [0.05, 0.1) is 0 Å². The molecule has 1 rings (SSSR count). The monoisotopic (exact) mass is 239 g/mol. The fraction of sp³-hybridized carbons (Fsp3) is 0. The number of nitriles is 1. The molecule has 1 aromatic rings. The van der Waals surface area contributed by atoms with Gasteiger partial charge in [0.25, 0.3) is 0 Å². The Balaban J connectivity index is 2.91. The third kappa shape index (κ3) is 2.40. The van der Waals surface area contributed by atoms with E-state index < -0.39 is 0 Å². The fourth-order valence-electron chi connectivity index (χ4n) is 0.796. The Labute approximate surface area is 84.2 Å². The van der Waals surface area contributed by atoms with Crippen molar-refractivity contribution in [1.82, 2.24) is 0 Å². The number of benzene rings is 1. The van der Waals surface area contributed by atoms with Gasteiger partial charge in [-0.1, -0.05) is 46.3 Å². The molecule has 0 unspecified atom stereocenters. The molecule has 0 heterocycles. The maximum atomic E-state index is 8.48. The standard InChI is InChI=1S/C9H6BrNS/c10-6-9(12-7-11)8-4-2-1-3-5-8/h1-6H/b9-6+. The molecule has 0 fully saturated rings. The van der Waals surface area contributed by atoms with E-state index in [9.17, 15) is 0 Å². The third-order valence-corrected chi connectivity index (χ3v) is 2.74. The lowest BCUT2D eigenvalue weighted by Crippen LogP contribution is -1.75. The lowest BCUT2D eigenvalue weighted by Gasteiger charge is -1.98. The largest absolute Gasteiger partial charge is 0.185 e. The summed E-state index contributed by atoms with van der Waals surface area (Å²) in [5.41, 5.74) is 1.06. The SMILES string of the molecule is N#CS/C(=C/Br)c1ccccc1. The summed E-state index contributed by atoms with van der Waals surface area (Å²) in [5.74, 6) is 0. The zero-order valence-electron chi connectivity index (χ0n) is 6.20. The molecule has 0 aliphatic heterocycles. The molecule has 0 saturated carbocycles. The van der Waals surface area contributed by atoms with Gasteiger partial charge in [0.15, 0.2) is 0 Å². The van der Waals surface area contributed by atoms with Gasteiger partial charge in [0, 0.05) is 4.91 Å². The topological polar surface area (TPSA) is 23.8 Å². The van der Waals surface area contributed by atoms with E-state index >= 15 is 0 Å². The summed E-state index contributed by atoms with van der Waals surface area (Å²) in [6.07, 6.45) is 0. The van der Waals surface area contributed by atoms with Crippen LogP contribution in [-0.4, -0.2) is 0 Å². The van der Waals surface area contributed by atoms with Gasteiger partial charge in [-0.3, -0.25) is 0 Å². The van der Waals surface area contributed by atoms with E-state index in [1.54, 1.807) is 4.99 Å². The highest BCUT2D eigenvalue weighted by Gasteiger charge is 1.98. The number of thioether (sulfide) groups is 1. The van der Waals surface area contributed by atoms with Gasteiger partial charge < -0.3 is 0 Å². The summed E-state index contributed by atoms with van der Waals surface area (Å²) >= 11 is 4.37. The van der Waals surface area contributed by atoms with Gasteiger partial charge in [-0.2, -0.15) is 5.26 Å². The normalized spacial score (nSPS) is 10.8. The molecule has 0 aromatic heterocycles. The molecule has 3 heteroatoms. The average Bonchev–Trinajstić information content (AvgIpc) is 2.15. The summed E-state index contributed by atoms with van der Waals surface area (Å²) in [6, 6.07) is 9.79. The summed E-state index contributed by atoms with van der Waals surface area (Å²) in [5, 5.41) is 10.5. The Morgan fingerprint density at radius 3 is 2.58 bits per heavy atom. The predicted molar refractivity (Wildman–Crippen MR) is 56.6 cm³/mol. The van der Waals surface area contributed by atoms with Gasteiger partial charge in [0.2, 0.25) is 0 Å². The molecule has 0 radical (unpaired) electrons. The van der Waals surface area contributed by atoms with Crippen LogP contribution in [0, 0.1) is 10.7 Å². The average molecular weight is 240 g/mol. The molecule has 0 bridgehead atoms. The molecule has 0 aliphatic carbocycles. The number of nitrogens with zero attached hydrogens (tertiary/aromatic N) is 1. The molecular weight excluding hydrogens is 234 g/mol. The van der Waals surface area contributed by atoms with E-state index in [2.05, 4.69) is 15.9 Å².